The fourth-order valence-electron chi connectivity index (χ4n) is 4.39. The molecule has 2 aliphatic rings. The lowest BCUT2D eigenvalue weighted by Crippen LogP contribution is -2.27. The fraction of sp³-hybridized carbons (Fsp3) is 0.375. The number of benzene rings is 2. The summed E-state index contributed by atoms with van der Waals surface area (Å²) < 4.78 is 16.7. The zero-order valence-electron chi connectivity index (χ0n) is 16.9. The lowest BCUT2D eigenvalue weighted by Gasteiger charge is -2.23. The average Bonchev–Trinajstić information content (AvgIpc) is 3.27. The zero-order valence-corrected chi connectivity index (χ0v) is 17.6. The molecule has 7 heteroatoms. The first-order valence-electron chi connectivity index (χ1n) is 10.3. The summed E-state index contributed by atoms with van der Waals surface area (Å²) >= 11 is 5.93. The Balaban J connectivity index is 1.35. The van der Waals surface area contributed by atoms with E-state index in [9.17, 15) is 14.4 Å². The van der Waals surface area contributed by atoms with Crippen LogP contribution in [0.2, 0.25) is 5.02 Å². The molecule has 0 N–H and O–H groups in total. The second-order valence-corrected chi connectivity index (χ2v) is 8.37. The summed E-state index contributed by atoms with van der Waals surface area (Å²) in [5.41, 5.74) is 0.473. The van der Waals surface area contributed by atoms with E-state index in [1.165, 1.54) is 0 Å². The normalized spacial score (nSPS) is 24.4. The molecule has 0 amide bonds. The highest BCUT2D eigenvalue weighted by molar-refractivity contribution is 6.30. The SMILES string of the molecule is O=C(CC[C@@H]1[C@H]2CC(=O)O[C@H]2C[C@H]1OC(=O)c1ccccc1)COc1cccc(Cl)c1. The Morgan fingerprint density at radius 1 is 1.10 bits per heavy atom. The van der Waals surface area contributed by atoms with Gasteiger partial charge in [-0.1, -0.05) is 35.9 Å². The molecule has 4 rings (SSSR count). The summed E-state index contributed by atoms with van der Waals surface area (Å²) in [6.45, 7) is -0.0644. The zero-order chi connectivity index (χ0) is 21.8. The molecule has 0 spiro atoms. The highest BCUT2D eigenvalue weighted by Gasteiger charge is 2.51. The number of halogens is 1. The first-order chi connectivity index (χ1) is 15.0. The Morgan fingerprint density at radius 2 is 1.90 bits per heavy atom. The van der Waals surface area contributed by atoms with Crippen LogP contribution in [0.25, 0.3) is 0 Å². The number of ketones is 1. The van der Waals surface area contributed by atoms with Crippen molar-refractivity contribution in [3.63, 3.8) is 0 Å². The maximum absolute atomic E-state index is 12.5. The number of ether oxygens (including phenoxy) is 3. The largest absolute Gasteiger partial charge is 0.486 e. The fourth-order valence-corrected chi connectivity index (χ4v) is 4.57. The standard InChI is InChI=1S/C24H23ClO6/c25-16-7-4-8-18(11-16)29-14-17(26)9-10-19-20-12-23(27)30-22(20)13-21(19)31-24(28)15-5-2-1-3-6-15/h1-8,11,19-22H,9-10,12-14H2/t19-,20-,21-,22+/m1/s1. The molecule has 162 valence electrons. The molecule has 1 aliphatic carbocycles. The third kappa shape index (κ3) is 5.25. The van der Waals surface area contributed by atoms with E-state index in [0.29, 0.717) is 35.6 Å². The summed E-state index contributed by atoms with van der Waals surface area (Å²) in [5, 5.41) is 0.538. The van der Waals surface area contributed by atoms with Crippen LogP contribution in [0.3, 0.4) is 0 Å². The van der Waals surface area contributed by atoms with Crippen LogP contribution in [0.5, 0.6) is 5.75 Å². The molecule has 1 aliphatic heterocycles. The Morgan fingerprint density at radius 3 is 2.68 bits per heavy atom. The van der Waals surface area contributed by atoms with Crippen molar-refractivity contribution in [3.05, 3.63) is 65.2 Å². The number of carbonyl (C=O) groups is 3. The van der Waals surface area contributed by atoms with E-state index in [1.807, 2.05) is 6.07 Å². The number of carbonyl (C=O) groups excluding carboxylic acids is 3. The number of hydrogen-bond acceptors (Lipinski definition) is 6. The van der Waals surface area contributed by atoms with E-state index < -0.39 is 12.1 Å². The Labute approximate surface area is 185 Å². The highest BCUT2D eigenvalue weighted by atomic mass is 35.5. The molecule has 2 fully saturated rings. The van der Waals surface area contributed by atoms with E-state index in [0.717, 1.165) is 0 Å². The second-order valence-electron chi connectivity index (χ2n) is 7.93. The van der Waals surface area contributed by atoms with Crippen molar-refractivity contribution in [1.29, 1.82) is 0 Å². The summed E-state index contributed by atoms with van der Waals surface area (Å²) in [7, 11) is 0. The van der Waals surface area contributed by atoms with Crippen molar-refractivity contribution in [1.82, 2.24) is 0 Å². The van der Waals surface area contributed by atoms with Crippen LogP contribution < -0.4 is 4.74 Å². The molecule has 1 heterocycles. The van der Waals surface area contributed by atoms with Crippen LogP contribution in [-0.4, -0.2) is 36.5 Å². The van der Waals surface area contributed by atoms with Crippen molar-refractivity contribution < 1.29 is 28.6 Å². The summed E-state index contributed by atoms with van der Waals surface area (Å²) in [4.78, 5) is 36.7. The molecular formula is C24H23ClO6. The lowest BCUT2D eigenvalue weighted by molar-refractivity contribution is -0.141. The van der Waals surface area contributed by atoms with Gasteiger partial charge >= 0.3 is 11.9 Å². The van der Waals surface area contributed by atoms with Gasteiger partial charge in [-0.2, -0.15) is 0 Å². The van der Waals surface area contributed by atoms with Gasteiger partial charge in [0.1, 0.15) is 24.6 Å². The quantitative estimate of drug-likeness (QED) is 0.569. The predicted molar refractivity (Wildman–Crippen MR) is 113 cm³/mol. The maximum Gasteiger partial charge on any atom is 0.338 e. The smallest absolute Gasteiger partial charge is 0.338 e. The summed E-state index contributed by atoms with van der Waals surface area (Å²) in [6, 6.07) is 15.6. The molecule has 0 bridgehead atoms. The molecule has 0 unspecified atom stereocenters. The minimum absolute atomic E-state index is 0.0391. The molecule has 6 nitrogen and oxygen atoms in total. The van der Waals surface area contributed by atoms with Gasteiger partial charge in [0, 0.05) is 29.7 Å². The maximum atomic E-state index is 12.5. The van der Waals surface area contributed by atoms with Crippen molar-refractivity contribution in [2.45, 2.75) is 37.9 Å². The van der Waals surface area contributed by atoms with Crippen molar-refractivity contribution in [2.75, 3.05) is 6.61 Å². The van der Waals surface area contributed by atoms with Crippen LogP contribution in [0.4, 0.5) is 0 Å². The van der Waals surface area contributed by atoms with E-state index in [2.05, 4.69) is 0 Å². The first kappa shape index (κ1) is 21.4. The summed E-state index contributed by atoms with van der Waals surface area (Å²) in [5.74, 6) is -0.323. The molecule has 31 heavy (non-hydrogen) atoms. The van der Waals surface area contributed by atoms with E-state index in [-0.39, 0.29) is 42.7 Å². The molecule has 1 saturated carbocycles. The predicted octanol–water partition coefficient (Wildman–Crippen LogP) is 4.25. The Hall–Kier alpha value is -2.86. The number of fused-ring (bicyclic) bond motifs is 1. The highest BCUT2D eigenvalue weighted by Crippen LogP contribution is 2.45. The van der Waals surface area contributed by atoms with Gasteiger partial charge in [-0.05, 0) is 36.8 Å². The average molecular weight is 443 g/mol. The van der Waals surface area contributed by atoms with Gasteiger partial charge in [0.15, 0.2) is 5.78 Å². The Kier molecular flexibility index (Phi) is 6.56. The van der Waals surface area contributed by atoms with Gasteiger partial charge in [-0.3, -0.25) is 9.59 Å². The van der Waals surface area contributed by atoms with Gasteiger partial charge in [0.25, 0.3) is 0 Å². The van der Waals surface area contributed by atoms with Crippen LogP contribution in [0.1, 0.15) is 36.0 Å². The van der Waals surface area contributed by atoms with Gasteiger partial charge in [0.05, 0.1) is 12.0 Å². The minimum Gasteiger partial charge on any atom is -0.486 e. The van der Waals surface area contributed by atoms with Crippen LogP contribution in [0, 0.1) is 11.8 Å². The van der Waals surface area contributed by atoms with E-state index in [4.69, 9.17) is 25.8 Å². The van der Waals surface area contributed by atoms with Gasteiger partial charge in [0.2, 0.25) is 0 Å². The van der Waals surface area contributed by atoms with Crippen molar-refractivity contribution in [2.24, 2.45) is 11.8 Å². The monoisotopic (exact) mass is 442 g/mol. The Bertz CT molecular complexity index is 960. The van der Waals surface area contributed by atoms with E-state index >= 15 is 0 Å². The molecular weight excluding hydrogens is 420 g/mol. The molecule has 0 aromatic heterocycles. The van der Waals surface area contributed by atoms with Gasteiger partial charge < -0.3 is 14.2 Å². The molecule has 2 aromatic carbocycles. The topological polar surface area (TPSA) is 78.9 Å². The van der Waals surface area contributed by atoms with E-state index in [1.54, 1.807) is 48.5 Å². The number of esters is 2. The van der Waals surface area contributed by atoms with Crippen molar-refractivity contribution >= 4 is 29.3 Å². The van der Waals surface area contributed by atoms with Crippen molar-refractivity contribution in [3.8, 4) is 5.75 Å². The molecule has 4 atom stereocenters. The number of rotatable bonds is 8. The van der Waals surface area contributed by atoms with Crippen LogP contribution in [0.15, 0.2) is 54.6 Å². The van der Waals surface area contributed by atoms with Crippen LogP contribution >= 0.6 is 11.6 Å². The molecule has 1 saturated heterocycles. The second kappa shape index (κ2) is 9.52. The van der Waals surface area contributed by atoms with Gasteiger partial charge in [-0.15, -0.1) is 0 Å². The molecule has 2 aromatic rings. The first-order valence-corrected chi connectivity index (χ1v) is 10.7. The lowest BCUT2D eigenvalue weighted by atomic mass is 9.87. The number of Topliss-reactive ketones (excluding diaryl/α,β-unsaturated/α-hetero) is 1. The van der Waals surface area contributed by atoms with Gasteiger partial charge in [-0.25, -0.2) is 4.79 Å². The molecule has 0 radical (unpaired) electrons. The minimum atomic E-state index is -0.405. The summed E-state index contributed by atoms with van der Waals surface area (Å²) in [6.07, 6.45) is 0.875. The third-order valence-electron chi connectivity index (χ3n) is 5.88. The number of hydrogen-bond donors (Lipinski definition) is 0. The van der Waals surface area contributed by atoms with Crippen LogP contribution in [-0.2, 0) is 19.1 Å². The third-order valence-corrected chi connectivity index (χ3v) is 6.11.